The van der Waals surface area contributed by atoms with Crippen molar-refractivity contribution in [3.05, 3.63) is 29.8 Å². The smallest absolute Gasteiger partial charge is 0.315 e. The van der Waals surface area contributed by atoms with E-state index in [2.05, 4.69) is 21.3 Å². The highest BCUT2D eigenvalue weighted by atomic mass is 32.2. The number of urea groups is 1. The number of anilines is 1. The quantitative estimate of drug-likeness (QED) is 0.366. The van der Waals surface area contributed by atoms with Crippen molar-refractivity contribution < 1.29 is 14.4 Å². The van der Waals surface area contributed by atoms with Crippen LogP contribution in [0.5, 0.6) is 0 Å². The highest BCUT2D eigenvalue weighted by molar-refractivity contribution is 8.00. The van der Waals surface area contributed by atoms with Gasteiger partial charge in [0, 0.05) is 29.2 Å². The number of hydrogen-bond donors (Lipinski definition) is 4. The molecule has 3 rings (SSSR count). The van der Waals surface area contributed by atoms with E-state index in [1.807, 2.05) is 49.9 Å². The number of fused-ring (bicyclic) bond motifs is 1. The van der Waals surface area contributed by atoms with Gasteiger partial charge in [-0.05, 0) is 44.4 Å². The topological polar surface area (TPSA) is 99.3 Å². The van der Waals surface area contributed by atoms with Gasteiger partial charge in [0.25, 0.3) is 0 Å². The lowest BCUT2D eigenvalue weighted by molar-refractivity contribution is -0.121. The summed E-state index contributed by atoms with van der Waals surface area (Å²) in [5.41, 5.74) is 1.67. The van der Waals surface area contributed by atoms with Crippen LogP contribution in [0.15, 0.2) is 24.3 Å². The first-order chi connectivity index (χ1) is 13.9. The summed E-state index contributed by atoms with van der Waals surface area (Å²) in [6.45, 7) is 3.87. The highest BCUT2D eigenvalue weighted by Gasteiger charge is 2.42. The van der Waals surface area contributed by atoms with Crippen molar-refractivity contribution in [2.75, 3.05) is 11.1 Å². The normalized spacial score (nSPS) is 22.7. The molecule has 2 saturated heterocycles. The number of unbranched alkanes of at least 4 members (excludes halogenated alkanes) is 1. The second-order valence-electron chi connectivity index (χ2n) is 8.01. The van der Waals surface area contributed by atoms with Crippen LogP contribution in [0.2, 0.25) is 0 Å². The maximum Gasteiger partial charge on any atom is 0.315 e. The zero-order valence-corrected chi connectivity index (χ0v) is 17.8. The summed E-state index contributed by atoms with van der Waals surface area (Å²) in [6, 6.07) is 7.95. The lowest BCUT2D eigenvalue weighted by Crippen LogP contribution is -2.36. The Labute approximate surface area is 176 Å². The SMILES string of the molecule is CC(C)NC(=O)Cc1ccc(NC(=O)CCCC[C@@H]2SC[C@@H]3NC(=O)N[C@@H]32)cc1. The Kier molecular flexibility index (Phi) is 7.41. The molecule has 0 spiro atoms. The van der Waals surface area contributed by atoms with Gasteiger partial charge < -0.3 is 21.3 Å². The van der Waals surface area contributed by atoms with Gasteiger partial charge in [0.15, 0.2) is 0 Å². The van der Waals surface area contributed by atoms with Crippen LogP contribution in [0.25, 0.3) is 0 Å². The lowest BCUT2D eigenvalue weighted by atomic mass is 10.0. The molecule has 4 amide bonds. The molecule has 2 fully saturated rings. The van der Waals surface area contributed by atoms with E-state index in [1.165, 1.54) is 0 Å². The van der Waals surface area contributed by atoms with E-state index in [0.717, 1.165) is 36.3 Å². The minimum Gasteiger partial charge on any atom is -0.354 e. The second-order valence-corrected chi connectivity index (χ2v) is 9.28. The Morgan fingerprint density at radius 1 is 1.14 bits per heavy atom. The Morgan fingerprint density at radius 3 is 2.62 bits per heavy atom. The zero-order chi connectivity index (χ0) is 20.8. The molecule has 0 saturated carbocycles. The van der Waals surface area contributed by atoms with Crippen molar-refractivity contribution in [1.82, 2.24) is 16.0 Å². The summed E-state index contributed by atoms with van der Waals surface area (Å²) in [6.07, 6.45) is 3.62. The van der Waals surface area contributed by atoms with Crippen molar-refractivity contribution in [2.24, 2.45) is 0 Å². The molecule has 2 heterocycles. The molecule has 0 unspecified atom stereocenters. The predicted molar refractivity (Wildman–Crippen MR) is 116 cm³/mol. The Balaban J connectivity index is 1.33. The minimum absolute atomic E-state index is 0.00286. The molecule has 1 aromatic rings. The molecule has 4 N–H and O–H groups in total. The van der Waals surface area contributed by atoms with E-state index in [0.29, 0.717) is 18.1 Å². The average Bonchev–Trinajstić information content (AvgIpc) is 3.19. The van der Waals surface area contributed by atoms with Gasteiger partial charge in [0.2, 0.25) is 11.8 Å². The molecule has 0 bridgehead atoms. The van der Waals surface area contributed by atoms with E-state index in [9.17, 15) is 14.4 Å². The number of benzene rings is 1. The highest BCUT2D eigenvalue weighted by Crippen LogP contribution is 2.33. The van der Waals surface area contributed by atoms with E-state index >= 15 is 0 Å². The number of rotatable bonds is 9. The number of hydrogen-bond acceptors (Lipinski definition) is 4. The molecule has 8 heteroatoms. The summed E-state index contributed by atoms with van der Waals surface area (Å²) in [4.78, 5) is 35.4. The van der Waals surface area contributed by atoms with Gasteiger partial charge in [0.05, 0.1) is 18.5 Å². The molecular weight excluding hydrogens is 388 g/mol. The van der Waals surface area contributed by atoms with Crippen LogP contribution < -0.4 is 21.3 Å². The van der Waals surface area contributed by atoms with Gasteiger partial charge in [-0.2, -0.15) is 11.8 Å². The second kappa shape index (κ2) is 10.0. The largest absolute Gasteiger partial charge is 0.354 e. The molecule has 158 valence electrons. The maximum atomic E-state index is 12.2. The van der Waals surface area contributed by atoms with Gasteiger partial charge in [-0.25, -0.2) is 4.79 Å². The number of nitrogens with one attached hydrogen (secondary N) is 4. The number of amides is 4. The third-order valence-electron chi connectivity index (χ3n) is 5.13. The minimum atomic E-state index is -0.0590. The molecule has 2 aliphatic rings. The summed E-state index contributed by atoms with van der Waals surface area (Å²) in [7, 11) is 0. The van der Waals surface area contributed by atoms with Crippen LogP contribution in [0, 0.1) is 0 Å². The van der Waals surface area contributed by atoms with Gasteiger partial charge in [-0.15, -0.1) is 0 Å². The number of thioether (sulfide) groups is 1. The van der Waals surface area contributed by atoms with E-state index in [4.69, 9.17) is 0 Å². The maximum absolute atomic E-state index is 12.2. The van der Waals surface area contributed by atoms with Crippen LogP contribution in [0.3, 0.4) is 0 Å². The van der Waals surface area contributed by atoms with Crippen molar-refractivity contribution in [1.29, 1.82) is 0 Å². The van der Waals surface area contributed by atoms with Crippen LogP contribution in [-0.4, -0.2) is 47.0 Å². The molecule has 3 atom stereocenters. The van der Waals surface area contributed by atoms with Crippen LogP contribution >= 0.6 is 11.8 Å². The van der Waals surface area contributed by atoms with Gasteiger partial charge in [-0.1, -0.05) is 18.6 Å². The first-order valence-corrected chi connectivity index (χ1v) is 11.3. The fourth-order valence-corrected chi connectivity index (χ4v) is 5.31. The first-order valence-electron chi connectivity index (χ1n) is 10.3. The third-order valence-corrected chi connectivity index (χ3v) is 6.64. The molecule has 0 aliphatic carbocycles. The summed E-state index contributed by atoms with van der Waals surface area (Å²) < 4.78 is 0. The standard InChI is InChI=1S/C21H30N4O3S/c1-13(2)22-19(27)11-14-7-9-15(10-8-14)23-18(26)6-4-3-5-17-20-16(12-29-17)24-21(28)25-20/h7-10,13,16-17,20H,3-6,11-12H2,1-2H3,(H,22,27)(H,23,26)(H2,24,25,28)/t16-,17-,20-/m0/s1. The van der Waals surface area contributed by atoms with Crippen molar-refractivity contribution in [2.45, 2.75) is 69.3 Å². The summed E-state index contributed by atoms with van der Waals surface area (Å²) in [5, 5.41) is 12.2. The van der Waals surface area contributed by atoms with E-state index < -0.39 is 0 Å². The molecule has 0 radical (unpaired) electrons. The monoisotopic (exact) mass is 418 g/mol. The Bertz CT molecular complexity index is 738. The summed E-state index contributed by atoms with van der Waals surface area (Å²) >= 11 is 1.90. The van der Waals surface area contributed by atoms with Crippen LogP contribution in [0.1, 0.15) is 45.1 Å². The molecule has 0 aromatic heterocycles. The molecule has 7 nitrogen and oxygen atoms in total. The molecule has 29 heavy (non-hydrogen) atoms. The van der Waals surface area contributed by atoms with Gasteiger partial charge in [-0.3, -0.25) is 9.59 Å². The molecule has 1 aromatic carbocycles. The first kappa shape index (κ1) is 21.5. The Hall–Kier alpha value is -2.22. The third kappa shape index (κ3) is 6.39. The fourth-order valence-electron chi connectivity index (χ4n) is 3.76. The van der Waals surface area contributed by atoms with Crippen molar-refractivity contribution in [3.8, 4) is 0 Å². The van der Waals surface area contributed by atoms with Crippen LogP contribution in [0.4, 0.5) is 10.5 Å². The van der Waals surface area contributed by atoms with Gasteiger partial charge >= 0.3 is 6.03 Å². The van der Waals surface area contributed by atoms with E-state index in [-0.39, 0.29) is 36.0 Å². The Morgan fingerprint density at radius 2 is 1.90 bits per heavy atom. The fraction of sp³-hybridized carbons (Fsp3) is 0.571. The van der Waals surface area contributed by atoms with Crippen molar-refractivity contribution >= 4 is 35.3 Å². The summed E-state index contributed by atoms with van der Waals surface area (Å²) in [5.74, 6) is 0.962. The van der Waals surface area contributed by atoms with Crippen LogP contribution in [-0.2, 0) is 16.0 Å². The van der Waals surface area contributed by atoms with E-state index in [1.54, 1.807) is 0 Å². The number of carbonyl (C=O) groups is 3. The average molecular weight is 419 g/mol. The van der Waals surface area contributed by atoms with Gasteiger partial charge in [0.1, 0.15) is 0 Å². The predicted octanol–water partition coefficient (Wildman–Crippen LogP) is 2.42. The zero-order valence-electron chi connectivity index (χ0n) is 17.0. The van der Waals surface area contributed by atoms with Crippen molar-refractivity contribution in [3.63, 3.8) is 0 Å². The molecule has 2 aliphatic heterocycles. The number of carbonyl (C=O) groups excluding carboxylic acids is 3. The molecular formula is C21H30N4O3S. The lowest BCUT2D eigenvalue weighted by Gasteiger charge is -2.16.